The van der Waals surface area contributed by atoms with Gasteiger partial charge in [0.05, 0.1) is 34.2 Å². The zero-order chi connectivity index (χ0) is 59.8. The van der Waals surface area contributed by atoms with Gasteiger partial charge in [0.15, 0.2) is 0 Å². The highest BCUT2D eigenvalue weighted by atomic mass is 15.2. The Kier molecular flexibility index (Phi) is 12.0. The molecule has 0 fully saturated rings. The van der Waals surface area contributed by atoms with E-state index in [1.807, 2.05) is 12.1 Å². The average molecular weight is 1120 g/mol. The van der Waals surface area contributed by atoms with E-state index < -0.39 is 0 Å². The lowest BCUT2D eigenvalue weighted by Crippen LogP contribution is -2.61. The Morgan fingerprint density at radius 2 is 0.839 bits per heavy atom. The van der Waals surface area contributed by atoms with E-state index in [0.29, 0.717) is 11.3 Å². The van der Waals surface area contributed by atoms with E-state index in [9.17, 15) is 5.26 Å². The van der Waals surface area contributed by atoms with E-state index in [-0.39, 0.29) is 23.0 Å². The van der Waals surface area contributed by atoms with Gasteiger partial charge in [0.2, 0.25) is 5.69 Å². The lowest BCUT2D eigenvalue weighted by atomic mass is 9.33. The van der Waals surface area contributed by atoms with Gasteiger partial charge in [0, 0.05) is 61.7 Å². The third kappa shape index (κ3) is 8.51. The van der Waals surface area contributed by atoms with Crippen molar-refractivity contribution in [3.63, 3.8) is 0 Å². The van der Waals surface area contributed by atoms with Crippen molar-refractivity contribution in [2.24, 2.45) is 0 Å². The predicted molar refractivity (Wildman–Crippen MR) is 367 cm³/mol. The normalized spacial score (nSPS) is 13.0. The molecular weight excluding hydrogens is 1060 g/mol. The maximum absolute atomic E-state index is 10.8. The Labute approximate surface area is 510 Å². The van der Waals surface area contributed by atoms with Crippen LogP contribution >= 0.6 is 0 Å². The molecule has 0 spiro atoms. The molecule has 418 valence electrons. The lowest BCUT2D eigenvalue weighted by molar-refractivity contribution is 0.590. The number of hydrogen-bond acceptors (Lipinski definition) is 3. The lowest BCUT2D eigenvalue weighted by Gasteiger charge is -2.45. The molecule has 2 aliphatic rings. The first-order valence-corrected chi connectivity index (χ1v) is 30.3. The average Bonchev–Trinajstić information content (AvgIpc) is 0.892. The van der Waals surface area contributed by atoms with Crippen LogP contribution in [0.3, 0.4) is 0 Å². The first-order chi connectivity index (χ1) is 42.0. The number of para-hydroxylation sites is 2. The van der Waals surface area contributed by atoms with Gasteiger partial charge in [-0.25, -0.2) is 4.85 Å². The molecule has 7 heteroatoms. The van der Waals surface area contributed by atoms with Crippen LogP contribution in [0.15, 0.2) is 231 Å². The number of aromatic nitrogens is 2. The Balaban J connectivity index is 1.04. The van der Waals surface area contributed by atoms with Crippen LogP contribution in [0.2, 0.25) is 0 Å². The monoisotopic (exact) mass is 1120 g/mol. The van der Waals surface area contributed by atoms with Gasteiger partial charge in [0.1, 0.15) is 6.07 Å². The molecule has 0 radical (unpaired) electrons. The van der Waals surface area contributed by atoms with Gasteiger partial charge in [-0.3, -0.25) is 0 Å². The van der Waals surface area contributed by atoms with Gasteiger partial charge in [-0.2, -0.15) is 5.26 Å². The summed E-state index contributed by atoms with van der Waals surface area (Å²) in [5.41, 5.74) is 24.9. The minimum absolute atomic E-state index is 0.0886. The Bertz CT molecular complexity index is 5050. The predicted octanol–water partition coefficient (Wildman–Crippen LogP) is 19.6. The number of nitrogens with zero attached hydrogens (tertiary/aromatic N) is 6. The number of fused-ring (bicyclic) bond motifs is 10. The maximum Gasteiger partial charge on any atom is 0.252 e. The summed E-state index contributed by atoms with van der Waals surface area (Å²) in [5.74, 6) is 0. The minimum Gasteiger partial charge on any atom is -0.319 e. The number of nitriles is 1. The Morgan fingerprint density at radius 3 is 1.37 bits per heavy atom. The number of anilines is 6. The summed E-state index contributed by atoms with van der Waals surface area (Å²) in [6.45, 7) is 29.1. The highest BCUT2D eigenvalue weighted by Crippen LogP contribution is 2.49. The minimum atomic E-state index is -0.259. The quantitative estimate of drug-likeness (QED) is 0.123. The fourth-order valence-corrected chi connectivity index (χ4v) is 13.9. The molecule has 0 amide bonds. The van der Waals surface area contributed by atoms with Gasteiger partial charge in [-0.05, 0) is 156 Å². The van der Waals surface area contributed by atoms with Gasteiger partial charge < -0.3 is 18.9 Å². The molecule has 0 unspecified atom stereocenters. The van der Waals surface area contributed by atoms with E-state index in [0.717, 1.165) is 111 Å². The van der Waals surface area contributed by atoms with Crippen LogP contribution in [0, 0.1) is 17.9 Å². The van der Waals surface area contributed by atoms with Crippen LogP contribution in [-0.2, 0) is 16.2 Å². The molecule has 2 aliphatic heterocycles. The van der Waals surface area contributed by atoms with Crippen LogP contribution in [0.4, 0.5) is 39.8 Å². The second-order valence-corrected chi connectivity index (χ2v) is 26.8. The van der Waals surface area contributed by atoms with Crippen molar-refractivity contribution in [2.75, 3.05) is 9.80 Å². The molecule has 0 N–H and O–H groups in total. The van der Waals surface area contributed by atoms with E-state index >= 15 is 0 Å². The largest absolute Gasteiger partial charge is 0.319 e. The molecule has 0 saturated carbocycles. The van der Waals surface area contributed by atoms with E-state index in [1.54, 1.807) is 0 Å². The molecule has 4 heterocycles. The highest BCUT2D eigenvalue weighted by molar-refractivity contribution is 7.00. The summed E-state index contributed by atoms with van der Waals surface area (Å²) in [6.07, 6.45) is 0. The van der Waals surface area contributed by atoms with Crippen molar-refractivity contribution in [2.45, 2.75) is 78.6 Å². The van der Waals surface area contributed by atoms with Crippen molar-refractivity contribution < 1.29 is 0 Å². The summed E-state index contributed by atoms with van der Waals surface area (Å²) in [5, 5.41) is 15.2. The molecule has 6 nitrogen and oxygen atoms in total. The van der Waals surface area contributed by atoms with Gasteiger partial charge >= 0.3 is 0 Å². The van der Waals surface area contributed by atoms with Crippen molar-refractivity contribution >= 4 is 107 Å². The fourth-order valence-electron chi connectivity index (χ4n) is 13.9. The molecule has 13 aromatic rings. The molecular formula is C80H65BN6. The molecule has 0 saturated heterocycles. The zero-order valence-corrected chi connectivity index (χ0v) is 50.7. The Morgan fingerprint density at radius 1 is 0.379 bits per heavy atom. The summed E-state index contributed by atoms with van der Waals surface area (Å²) in [7, 11) is 0. The van der Waals surface area contributed by atoms with Gasteiger partial charge in [-0.1, -0.05) is 213 Å². The summed E-state index contributed by atoms with van der Waals surface area (Å²) in [6, 6.07) is 87.0. The number of benzene rings is 11. The smallest absolute Gasteiger partial charge is 0.252 e. The zero-order valence-electron chi connectivity index (χ0n) is 50.7. The van der Waals surface area contributed by atoms with E-state index in [2.05, 4.69) is 311 Å². The third-order valence-electron chi connectivity index (χ3n) is 18.4. The van der Waals surface area contributed by atoms with Crippen LogP contribution < -0.4 is 26.2 Å². The van der Waals surface area contributed by atoms with Crippen molar-refractivity contribution in [3.05, 3.63) is 264 Å². The maximum atomic E-state index is 10.8. The molecule has 11 aromatic carbocycles. The molecule has 0 atom stereocenters. The fraction of sp³-hybridized carbons (Fsp3) is 0.150. The van der Waals surface area contributed by atoms with Crippen LogP contribution in [0.25, 0.3) is 82.1 Å². The van der Waals surface area contributed by atoms with Crippen molar-refractivity contribution in [1.29, 1.82) is 5.26 Å². The molecule has 87 heavy (non-hydrogen) atoms. The first-order valence-electron chi connectivity index (χ1n) is 30.3. The van der Waals surface area contributed by atoms with Crippen molar-refractivity contribution in [1.82, 2.24) is 9.13 Å². The SMILES string of the molecule is [C-]#[N+]c1cc(C(C)(C)C)cc2c3cc(C(C)(C)C)ccc3n(-c3ccc4c(c3)N(c3ccc(-c5ccccc5)cc3)c3cc(C(C)(C)C)cc5c3B4c3ccc(-n4c6ccccc6c6cccc(C#N)c64)cc3N5c3ccc(-c4ccccc4)cc3)c12. The first kappa shape index (κ1) is 53.4. The molecule has 0 aliphatic carbocycles. The number of hydrogen-bond donors (Lipinski definition) is 0. The van der Waals surface area contributed by atoms with Crippen LogP contribution in [-0.4, -0.2) is 15.8 Å². The van der Waals surface area contributed by atoms with Gasteiger partial charge in [0.25, 0.3) is 6.71 Å². The van der Waals surface area contributed by atoms with Crippen LogP contribution in [0.1, 0.15) is 84.6 Å². The second kappa shape index (κ2) is 19.6. The van der Waals surface area contributed by atoms with Crippen LogP contribution in [0.5, 0.6) is 0 Å². The topological polar surface area (TPSA) is 44.5 Å². The summed E-state index contributed by atoms with van der Waals surface area (Å²) in [4.78, 5) is 9.39. The van der Waals surface area contributed by atoms with Gasteiger partial charge in [-0.15, -0.1) is 0 Å². The second-order valence-electron chi connectivity index (χ2n) is 26.8. The number of rotatable bonds is 6. The highest BCUT2D eigenvalue weighted by Gasteiger charge is 2.45. The van der Waals surface area contributed by atoms with Crippen molar-refractivity contribution in [3.8, 4) is 39.7 Å². The molecule has 2 aromatic heterocycles. The van der Waals surface area contributed by atoms with E-state index in [1.165, 1.54) is 33.1 Å². The summed E-state index contributed by atoms with van der Waals surface area (Å²) < 4.78 is 4.66. The Hall–Kier alpha value is -10.3. The molecule has 0 bridgehead atoms. The standard InChI is InChI=1S/C80H65BN6/c1-78(2,3)55-32-41-70-64(42-55)65-43-56(79(4,5)6)44-68(83-10)77(65)87(70)61-38-40-67-72(48-61)85(59-35-30-53(31-36-59)51-22-15-12-16-23-51)74-46-57(80(7,8)9)45-73-75(74)81(67)66-39-37-60(86-69-27-18-17-25-62(69)63-26-19-24-54(49-82)76(63)86)47-71(66)84(73)58-33-28-52(29-34-58)50-20-13-11-14-21-50/h11-48H,1-9H3. The van der Waals surface area contributed by atoms with E-state index in [4.69, 9.17) is 6.57 Å². The summed E-state index contributed by atoms with van der Waals surface area (Å²) >= 11 is 0. The third-order valence-corrected chi connectivity index (χ3v) is 18.4. The molecule has 15 rings (SSSR count).